The topological polar surface area (TPSA) is 20.2 Å². The second kappa shape index (κ2) is 4.56. The summed E-state index contributed by atoms with van der Waals surface area (Å²) in [5.41, 5.74) is 2.00. The Bertz CT molecular complexity index is 317. The fraction of sp³-hybridized carbons (Fsp3) is 0.455. The number of aliphatic hydroxyl groups is 1. The van der Waals surface area contributed by atoms with E-state index in [1.54, 1.807) is 6.92 Å². The molecule has 1 unspecified atom stereocenters. The molecule has 2 rings (SSSR count). The number of fused-ring (bicyclic) bond motifs is 1. The first-order valence-electron chi connectivity index (χ1n) is 4.63. The van der Waals surface area contributed by atoms with Crippen LogP contribution in [0.3, 0.4) is 0 Å². The lowest BCUT2D eigenvalue weighted by atomic mass is 10.1. The lowest BCUT2D eigenvalue weighted by molar-refractivity contribution is 0.0820. The molecule has 1 N–H and O–H groups in total. The van der Waals surface area contributed by atoms with Crippen LogP contribution >= 0.6 is 24.2 Å². The summed E-state index contributed by atoms with van der Waals surface area (Å²) in [4.78, 5) is 0. The zero-order valence-corrected chi connectivity index (χ0v) is 10.1. The van der Waals surface area contributed by atoms with E-state index in [2.05, 4.69) is 18.7 Å². The van der Waals surface area contributed by atoms with Gasteiger partial charge in [0.2, 0.25) is 0 Å². The third-order valence-corrected chi connectivity index (χ3v) is 3.31. The van der Waals surface area contributed by atoms with Crippen LogP contribution in [0.25, 0.3) is 11.1 Å². The van der Waals surface area contributed by atoms with Crippen LogP contribution in [0.5, 0.6) is 0 Å². The van der Waals surface area contributed by atoms with Crippen molar-refractivity contribution in [1.29, 1.82) is 0 Å². The van der Waals surface area contributed by atoms with E-state index < -0.39 is 5.60 Å². The Kier molecular flexibility index (Phi) is 3.87. The van der Waals surface area contributed by atoms with Gasteiger partial charge in [-0.25, -0.2) is 0 Å². The molecule has 0 fully saturated rings. The van der Waals surface area contributed by atoms with Crippen LogP contribution in [0.4, 0.5) is 0 Å². The van der Waals surface area contributed by atoms with E-state index in [1.165, 1.54) is 11.1 Å². The van der Waals surface area contributed by atoms with Crippen LogP contribution in [-0.4, -0.2) is 16.5 Å². The second-order valence-electron chi connectivity index (χ2n) is 3.70. The van der Waals surface area contributed by atoms with E-state index in [4.69, 9.17) is 16.7 Å². The number of rotatable bonds is 2. The normalized spacial score (nSPS) is 15.2. The predicted octanol–water partition coefficient (Wildman–Crippen LogP) is 3.40. The first-order chi connectivity index (χ1) is 6.50. The molecule has 0 amide bonds. The van der Waals surface area contributed by atoms with E-state index in [9.17, 15) is 0 Å². The quantitative estimate of drug-likeness (QED) is 0.758. The average Bonchev–Trinajstić information content (AvgIpc) is 2.88. The molecule has 2 aliphatic carbocycles. The minimum absolute atomic E-state index is 0.545. The molecule has 0 heterocycles. The summed E-state index contributed by atoms with van der Waals surface area (Å²) in [7, 11) is 0. The summed E-state index contributed by atoms with van der Waals surface area (Å²) in [5, 5.41) is 9.95. The van der Waals surface area contributed by atoms with Crippen molar-refractivity contribution in [2.45, 2.75) is 25.9 Å². The molecule has 0 aromatic carbocycles. The van der Waals surface area contributed by atoms with Crippen LogP contribution in [0, 0.1) is 0 Å². The smallest absolute Gasteiger partial charge is 0.0704 e. The Morgan fingerprint density at radius 3 is 2.21 bits per heavy atom. The maximum absolute atomic E-state index is 9.06. The molecule has 1 nitrogen and oxygen atoms in total. The van der Waals surface area contributed by atoms with Gasteiger partial charge in [-0.05, 0) is 31.0 Å². The van der Waals surface area contributed by atoms with Crippen molar-refractivity contribution >= 4 is 24.2 Å². The Hall–Kier alpha value is -0.180. The monoisotopic (exact) mass is 230 g/mol. The van der Waals surface area contributed by atoms with Crippen molar-refractivity contribution in [1.82, 2.24) is 0 Å². The largest absolute Gasteiger partial charge is 0.389 e. The van der Waals surface area contributed by atoms with Crippen molar-refractivity contribution < 1.29 is 5.11 Å². The van der Waals surface area contributed by atoms with Gasteiger partial charge in [-0.3, -0.25) is 0 Å². The van der Waals surface area contributed by atoms with E-state index in [-0.39, 0.29) is 0 Å². The third-order valence-electron chi connectivity index (χ3n) is 2.30. The molecule has 14 heavy (non-hydrogen) atoms. The Balaban J connectivity index is 0.000000140. The van der Waals surface area contributed by atoms with Crippen molar-refractivity contribution in [3.05, 3.63) is 23.2 Å². The molecule has 3 heteroatoms. The van der Waals surface area contributed by atoms with Gasteiger partial charge in [0.15, 0.2) is 0 Å². The van der Waals surface area contributed by atoms with Crippen molar-refractivity contribution in [2.24, 2.45) is 0 Å². The summed E-state index contributed by atoms with van der Waals surface area (Å²) in [5.74, 6) is 0.545. The SMILES string of the molecule is CCC(C)(O)CS.Clc1ccc2cc1-2. The highest BCUT2D eigenvalue weighted by Crippen LogP contribution is 2.40. The van der Waals surface area contributed by atoms with Gasteiger partial charge in [-0.2, -0.15) is 12.6 Å². The predicted molar refractivity (Wildman–Crippen MR) is 65.2 cm³/mol. The zero-order valence-electron chi connectivity index (χ0n) is 8.42. The second-order valence-corrected chi connectivity index (χ2v) is 4.43. The standard InChI is InChI=1S/C6H3Cl.C5H12OS/c7-6-2-1-4-3-5(4)6;1-3-5(2,6)4-7/h1-3H;6-7H,3-4H2,1-2H3. The maximum Gasteiger partial charge on any atom is 0.0704 e. The summed E-state index contributed by atoms with van der Waals surface area (Å²) in [6.07, 6.45) is 0.774. The molecule has 2 aliphatic rings. The number of hydrogen-bond donors (Lipinski definition) is 2. The molecule has 0 radical (unpaired) electrons. The summed E-state index contributed by atoms with van der Waals surface area (Å²) in [6, 6.07) is 6.02. The highest BCUT2D eigenvalue weighted by atomic mass is 35.5. The molecule has 0 aliphatic heterocycles. The van der Waals surface area contributed by atoms with Gasteiger partial charge in [0.1, 0.15) is 0 Å². The van der Waals surface area contributed by atoms with Crippen LogP contribution in [0.15, 0.2) is 18.2 Å². The van der Waals surface area contributed by atoms with E-state index in [1.807, 2.05) is 19.1 Å². The van der Waals surface area contributed by atoms with Gasteiger partial charge in [-0.15, -0.1) is 0 Å². The van der Waals surface area contributed by atoms with Gasteiger partial charge in [-0.1, -0.05) is 24.6 Å². The number of benzene rings is 1. The van der Waals surface area contributed by atoms with E-state index >= 15 is 0 Å². The fourth-order valence-corrected chi connectivity index (χ4v) is 1.28. The van der Waals surface area contributed by atoms with Gasteiger partial charge in [0, 0.05) is 16.3 Å². The van der Waals surface area contributed by atoms with Crippen molar-refractivity contribution in [3.63, 3.8) is 0 Å². The number of thiol groups is 1. The average molecular weight is 231 g/mol. The molecule has 1 atom stereocenters. The van der Waals surface area contributed by atoms with E-state index in [0.717, 1.165) is 11.4 Å². The molecule has 0 spiro atoms. The number of halogens is 1. The molecule has 0 aromatic rings. The number of hydrogen-bond acceptors (Lipinski definition) is 2. The highest BCUT2D eigenvalue weighted by molar-refractivity contribution is 7.80. The molecule has 0 aromatic heterocycles. The van der Waals surface area contributed by atoms with Crippen LogP contribution in [-0.2, 0) is 0 Å². The van der Waals surface area contributed by atoms with Crippen LogP contribution < -0.4 is 0 Å². The molecular weight excluding hydrogens is 216 g/mol. The van der Waals surface area contributed by atoms with E-state index in [0.29, 0.717) is 5.75 Å². The maximum atomic E-state index is 9.06. The molecule has 78 valence electrons. The molecule has 0 bridgehead atoms. The minimum Gasteiger partial charge on any atom is -0.389 e. The summed E-state index contributed by atoms with van der Waals surface area (Å²) in [6.45, 7) is 3.72. The third kappa shape index (κ3) is 3.19. The fourth-order valence-electron chi connectivity index (χ4n) is 0.829. The summed E-state index contributed by atoms with van der Waals surface area (Å²) >= 11 is 9.58. The lowest BCUT2D eigenvalue weighted by Gasteiger charge is -2.16. The van der Waals surface area contributed by atoms with Crippen LogP contribution in [0.1, 0.15) is 20.3 Å². The Morgan fingerprint density at radius 2 is 2.14 bits per heavy atom. The molecular formula is C11H15ClOS. The van der Waals surface area contributed by atoms with Gasteiger partial charge >= 0.3 is 0 Å². The van der Waals surface area contributed by atoms with Crippen molar-refractivity contribution in [2.75, 3.05) is 5.75 Å². The minimum atomic E-state index is -0.552. The zero-order chi connectivity index (χ0) is 10.8. The summed E-state index contributed by atoms with van der Waals surface area (Å²) < 4.78 is 0. The van der Waals surface area contributed by atoms with Crippen molar-refractivity contribution in [3.8, 4) is 11.1 Å². The Labute approximate surface area is 95.5 Å². The molecule has 0 saturated carbocycles. The first-order valence-corrected chi connectivity index (χ1v) is 5.64. The van der Waals surface area contributed by atoms with Gasteiger partial charge < -0.3 is 5.11 Å². The van der Waals surface area contributed by atoms with Gasteiger partial charge in [0.05, 0.1) is 5.60 Å². The first kappa shape index (κ1) is 11.9. The lowest BCUT2D eigenvalue weighted by Crippen LogP contribution is -2.24. The van der Waals surface area contributed by atoms with Crippen LogP contribution in [0.2, 0.25) is 5.02 Å². The highest BCUT2D eigenvalue weighted by Gasteiger charge is 2.14. The molecule has 0 saturated heterocycles. The van der Waals surface area contributed by atoms with Gasteiger partial charge in [0.25, 0.3) is 0 Å². The Morgan fingerprint density at radius 1 is 1.50 bits per heavy atom.